The van der Waals surface area contributed by atoms with Gasteiger partial charge in [-0.25, -0.2) is 23.1 Å². The molecule has 8 aromatic rings. The van der Waals surface area contributed by atoms with Crippen molar-refractivity contribution >= 4 is 39.3 Å². The standard InChI is InChI=1S/C52H43F6N15O4S/c1-69-26-61-67-47(69)34-13-10-28(19-59)14-37(34)30-15-33(65-44(17-30)72-23-39-35(49(72)74)6-4-8-41(39)51(53,54)55)21-64-78(76,77)25-32(29-11-12-29)20-60-43-16-31(46-38(22-63-71(46)3)48-68-62-27-70(48)2)18-45(66-43)73-24-40-36(50(73)75)7-5-9-42(40)52(56,57)58/h4-10,13-18,22,26-27,29,32,64H,11-12,20-21,23-25H2,1-3H3,(H,60,66). The number of fused-ring (bicyclic) bond motifs is 2. The molecule has 1 unspecified atom stereocenters. The summed E-state index contributed by atoms with van der Waals surface area (Å²) in [6.45, 7) is -1.29. The maximum atomic E-state index is 14.3. The number of alkyl halides is 6. The summed E-state index contributed by atoms with van der Waals surface area (Å²) in [5.74, 6) is -1.46. The van der Waals surface area contributed by atoms with Crippen molar-refractivity contribution in [3.63, 3.8) is 0 Å². The third-order valence-electron chi connectivity index (χ3n) is 14.1. The highest BCUT2D eigenvalue weighted by molar-refractivity contribution is 7.89. The number of pyridine rings is 2. The van der Waals surface area contributed by atoms with Gasteiger partial charge in [0.05, 0.1) is 71.3 Å². The Bertz CT molecular complexity index is 3900. The maximum absolute atomic E-state index is 14.3. The Labute approximate surface area is 440 Å². The fourth-order valence-electron chi connectivity index (χ4n) is 10.1. The molecule has 1 atom stereocenters. The van der Waals surface area contributed by atoms with Crippen LogP contribution in [-0.4, -0.2) is 81.8 Å². The first-order valence-corrected chi connectivity index (χ1v) is 25.8. The zero-order valence-corrected chi connectivity index (χ0v) is 42.3. The molecule has 11 rings (SSSR count). The molecule has 2 aliphatic heterocycles. The lowest BCUT2D eigenvalue weighted by atomic mass is 9.96. The molecule has 3 aromatic carbocycles. The second kappa shape index (κ2) is 19.3. The molecule has 1 saturated carbocycles. The number of nitrogens with zero attached hydrogens (tertiary/aromatic N) is 13. The van der Waals surface area contributed by atoms with Gasteiger partial charge in [-0.15, -0.1) is 20.4 Å². The predicted molar refractivity (Wildman–Crippen MR) is 270 cm³/mol. The van der Waals surface area contributed by atoms with Crippen molar-refractivity contribution in [2.45, 2.75) is 44.8 Å². The number of aromatic nitrogens is 10. The summed E-state index contributed by atoms with van der Waals surface area (Å²) in [4.78, 5) is 39.5. The lowest BCUT2D eigenvalue weighted by Gasteiger charge is -2.21. The minimum atomic E-state index is -4.77. The number of hydrogen-bond donors (Lipinski definition) is 2. The summed E-state index contributed by atoms with van der Waals surface area (Å²) in [5.41, 5.74) is 0.445. The predicted octanol–water partition coefficient (Wildman–Crippen LogP) is 7.92. The quantitative estimate of drug-likeness (QED) is 0.0931. The van der Waals surface area contributed by atoms with E-state index in [1.54, 1.807) is 77.6 Å². The Morgan fingerprint density at radius 2 is 1.31 bits per heavy atom. The highest BCUT2D eigenvalue weighted by Crippen LogP contribution is 2.43. The van der Waals surface area contributed by atoms with E-state index in [9.17, 15) is 49.6 Å². The van der Waals surface area contributed by atoms with Crippen LogP contribution in [0.1, 0.15) is 67.1 Å². The molecule has 1 aliphatic carbocycles. The Kier molecular flexibility index (Phi) is 12.7. The Morgan fingerprint density at radius 3 is 1.87 bits per heavy atom. The minimum Gasteiger partial charge on any atom is -0.370 e. The summed E-state index contributed by atoms with van der Waals surface area (Å²) < 4.78 is 121. The summed E-state index contributed by atoms with van der Waals surface area (Å²) in [5, 5.41) is 34.1. The molecule has 398 valence electrons. The molecule has 2 amide bonds. The van der Waals surface area contributed by atoms with Gasteiger partial charge in [-0.2, -0.15) is 36.7 Å². The van der Waals surface area contributed by atoms with Gasteiger partial charge in [-0.05, 0) is 114 Å². The molecule has 0 saturated heterocycles. The van der Waals surface area contributed by atoms with Gasteiger partial charge in [0.15, 0.2) is 11.6 Å². The van der Waals surface area contributed by atoms with E-state index in [4.69, 9.17) is 4.98 Å². The van der Waals surface area contributed by atoms with E-state index in [0.29, 0.717) is 58.0 Å². The topological polar surface area (TPSA) is 228 Å². The van der Waals surface area contributed by atoms with E-state index in [2.05, 4.69) is 46.6 Å². The smallest absolute Gasteiger partial charge is 0.370 e. The van der Waals surface area contributed by atoms with Gasteiger partial charge >= 0.3 is 12.4 Å². The molecular weight excluding hydrogens is 1040 g/mol. The van der Waals surface area contributed by atoms with Crippen molar-refractivity contribution in [3.8, 4) is 51.2 Å². The third kappa shape index (κ3) is 9.70. The number of carbonyl (C=O) groups excluding carboxylic acids is 2. The summed E-state index contributed by atoms with van der Waals surface area (Å²) in [6.07, 6.45) is -3.53. The molecule has 7 heterocycles. The Morgan fingerprint density at radius 1 is 0.718 bits per heavy atom. The largest absolute Gasteiger partial charge is 0.416 e. The first kappa shape index (κ1) is 51.3. The van der Waals surface area contributed by atoms with Gasteiger partial charge in [-0.3, -0.25) is 24.1 Å². The molecule has 0 spiro atoms. The van der Waals surface area contributed by atoms with Crippen LogP contribution in [0.5, 0.6) is 0 Å². The van der Waals surface area contributed by atoms with Crippen LogP contribution in [-0.2, 0) is 63.2 Å². The Hall–Kier alpha value is -8.83. The number of nitriles is 1. The molecule has 0 bridgehead atoms. The molecule has 1 fully saturated rings. The van der Waals surface area contributed by atoms with Crippen molar-refractivity contribution < 1.29 is 44.3 Å². The van der Waals surface area contributed by atoms with E-state index in [-0.39, 0.29) is 63.4 Å². The van der Waals surface area contributed by atoms with Gasteiger partial charge in [0.2, 0.25) is 10.0 Å². The van der Waals surface area contributed by atoms with E-state index in [1.165, 1.54) is 36.9 Å². The highest BCUT2D eigenvalue weighted by Gasteiger charge is 2.42. The van der Waals surface area contributed by atoms with E-state index in [1.807, 2.05) is 0 Å². The molecular formula is C52H43F6N15O4S. The number of aryl methyl sites for hydroxylation is 3. The van der Waals surface area contributed by atoms with Crippen molar-refractivity contribution in [2.75, 3.05) is 27.4 Å². The number of amides is 2. The van der Waals surface area contributed by atoms with Crippen LogP contribution >= 0.6 is 0 Å². The van der Waals surface area contributed by atoms with Gasteiger partial charge < -0.3 is 14.5 Å². The average Bonchev–Trinajstić information content (AvgIpc) is 3.95. The second-order valence-electron chi connectivity index (χ2n) is 19.3. The van der Waals surface area contributed by atoms with Gasteiger partial charge in [0.25, 0.3) is 11.8 Å². The molecule has 0 radical (unpaired) electrons. The molecule has 19 nitrogen and oxygen atoms in total. The maximum Gasteiger partial charge on any atom is 0.416 e. The Balaban J connectivity index is 0.899. The molecule has 78 heavy (non-hydrogen) atoms. The number of carbonyl (C=O) groups is 2. The van der Waals surface area contributed by atoms with Crippen molar-refractivity contribution in [3.05, 3.63) is 142 Å². The van der Waals surface area contributed by atoms with Crippen molar-refractivity contribution in [2.24, 2.45) is 33.0 Å². The van der Waals surface area contributed by atoms with Gasteiger partial charge in [-0.1, -0.05) is 12.1 Å². The number of rotatable bonds is 15. The van der Waals surface area contributed by atoms with E-state index in [0.717, 1.165) is 28.0 Å². The summed E-state index contributed by atoms with van der Waals surface area (Å²) >= 11 is 0. The highest BCUT2D eigenvalue weighted by atomic mass is 32.2. The molecule has 3 aliphatic rings. The third-order valence-corrected chi connectivity index (χ3v) is 15.5. The van der Waals surface area contributed by atoms with Crippen LogP contribution in [0.25, 0.3) is 45.2 Å². The SMILES string of the molecule is Cn1cnnc1-c1ccc(C#N)cc1-c1cc(CNS(=O)(=O)CC(CNc2cc(-c3c(-c4nncn4C)cnn3C)cc(N3Cc4c(cccc4C(F)(F)F)C3=O)n2)C2CC2)nc(N2Cc3c(cccc3C(F)(F)F)C2=O)c1. The number of benzene rings is 3. The lowest BCUT2D eigenvalue weighted by molar-refractivity contribution is -0.139. The van der Waals surface area contributed by atoms with Gasteiger partial charge in [0.1, 0.15) is 30.1 Å². The van der Waals surface area contributed by atoms with Crippen LogP contribution in [0, 0.1) is 23.2 Å². The average molecular weight is 1090 g/mol. The van der Waals surface area contributed by atoms with Crippen LogP contribution < -0.4 is 19.8 Å². The monoisotopic (exact) mass is 1090 g/mol. The summed E-state index contributed by atoms with van der Waals surface area (Å²) in [6, 6.07) is 19.9. The fraction of sp³-hybridized carbons (Fsp3) is 0.269. The molecule has 26 heteroatoms. The van der Waals surface area contributed by atoms with E-state index < -0.39 is 76.6 Å². The fourth-order valence-corrected chi connectivity index (χ4v) is 11.6. The van der Waals surface area contributed by atoms with Crippen molar-refractivity contribution in [1.29, 1.82) is 5.26 Å². The molecule has 5 aromatic heterocycles. The normalized spacial score (nSPS) is 15.0. The van der Waals surface area contributed by atoms with Crippen LogP contribution in [0.4, 0.5) is 43.8 Å². The number of halogens is 6. The minimum absolute atomic E-state index is 0.0177. The number of anilines is 3. The summed E-state index contributed by atoms with van der Waals surface area (Å²) in [7, 11) is 0.945. The van der Waals surface area contributed by atoms with Gasteiger partial charge in [0, 0.05) is 49.9 Å². The van der Waals surface area contributed by atoms with Crippen LogP contribution in [0.15, 0.2) is 97.7 Å². The van der Waals surface area contributed by atoms with Crippen molar-refractivity contribution in [1.82, 2.24) is 54.0 Å². The number of sulfonamides is 1. The first-order valence-electron chi connectivity index (χ1n) is 24.2. The van der Waals surface area contributed by atoms with Crippen LogP contribution in [0.3, 0.4) is 0 Å². The van der Waals surface area contributed by atoms with Crippen LogP contribution in [0.2, 0.25) is 0 Å². The number of hydrogen-bond acceptors (Lipinski definition) is 13. The zero-order valence-electron chi connectivity index (χ0n) is 41.5. The van der Waals surface area contributed by atoms with E-state index >= 15 is 0 Å². The second-order valence-corrected chi connectivity index (χ2v) is 21.1. The molecule has 2 N–H and O–H groups in total. The lowest BCUT2D eigenvalue weighted by Crippen LogP contribution is -2.33. The number of nitrogens with one attached hydrogen (secondary N) is 2. The first-order chi connectivity index (χ1) is 37.2. The zero-order chi connectivity index (χ0) is 55.0.